The van der Waals surface area contributed by atoms with Crippen molar-refractivity contribution in [1.82, 2.24) is 4.90 Å². The van der Waals surface area contributed by atoms with Gasteiger partial charge in [0, 0.05) is 25.1 Å². The first-order chi connectivity index (χ1) is 13.6. The van der Waals surface area contributed by atoms with Gasteiger partial charge < -0.3 is 14.4 Å². The largest absolute Gasteiger partial charge is 0.494 e. The fraction of sp³-hybridized carbons (Fsp3) is 0.500. The summed E-state index contributed by atoms with van der Waals surface area (Å²) in [6, 6.07) is 8.07. The van der Waals surface area contributed by atoms with E-state index in [1.54, 1.807) is 23.5 Å². The normalized spacial score (nSPS) is 21.6. The van der Waals surface area contributed by atoms with Crippen LogP contribution < -0.4 is 4.74 Å². The molecule has 6 heteroatoms. The molecule has 0 bridgehead atoms. The Bertz CT molecular complexity index is 770. The zero-order valence-electron chi connectivity index (χ0n) is 15.9. The molecule has 2 saturated heterocycles. The predicted molar refractivity (Wildman–Crippen MR) is 107 cm³/mol. The number of carbonyl (C=O) groups is 1. The van der Waals surface area contributed by atoms with Crippen molar-refractivity contribution in [2.24, 2.45) is 5.92 Å². The SMILES string of the molecule is O=C(c1ccsc1)N1CCC2(CC1)CC(CCOc1ccc(F)cc1)CCO2. The average Bonchev–Trinajstić information content (AvgIpc) is 3.25. The van der Waals surface area contributed by atoms with Crippen molar-refractivity contribution in [3.63, 3.8) is 0 Å². The Morgan fingerprint density at radius 3 is 2.75 bits per heavy atom. The van der Waals surface area contributed by atoms with E-state index in [-0.39, 0.29) is 17.3 Å². The highest BCUT2D eigenvalue weighted by molar-refractivity contribution is 7.08. The van der Waals surface area contributed by atoms with Crippen molar-refractivity contribution in [2.45, 2.75) is 37.7 Å². The molecule has 0 saturated carbocycles. The summed E-state index contributed by atoms with van der Waals surface area (Å²) >= 11 is 1.56. The average molecular weight is 404 g/mol. The molecule has 0 radical (unpaired) electrons. The summed E-state index contributed by atoms with van der Waals surface area (Å²) in [6.07, 6.45) is 4.85. The van der Waals surface area contributed by atoms with E-state index in [2.05, 4.69) is 0 Å². The minimum Gasteiger partial charge on any atom is -0.494 e. The lowest BCUT2D eigenvalue weighted by Crippen LogP contribution is -2.50. The van der Waals surface area contributed by atoms with Crippen LogP contribution in [0.15, 0.2) is 41.1 Å². The van der Waals surface area contributed by atoms with Gasteiger partial charge in [-0.1, -0.05) is 0 Å². The third-order valence-electron chi connectivity index (χ3n) is 5.93. The monoisotopic (exact) mass is 403 g/mol. The number of hydrogen-bond donors (Lipinski definition) is 0. The van der Waals surface area contributed by atoms with Crippen molar-refractivity contribution in [1.29, 1.82) is 0 Å². The number of piperidine rings is 1. The molecule has 2 aliphatic heterocycles. The van der Waals surface area contributed by atoms with Crippen molar-refractivity contribution < 1.29 is 18.7 Å². The lowest BCUT2D eigenvalue weighted by atomic mass is 9.78. The lowest BCUT2D eigenvalue weighted by molar-refractivity contribution is -0.125. The summed E-state index contributed by atoms with van der Waals surface area (Å²) < 4.78 is 25.0. The molecule has 2 fully saturated rings. The second kappa shape index (κ2) is 8.62. The van der Waals surface area contributed by atoms with Gasteiger partial charge in [0.1, 0.15) is 11.6 Å². The molecule has 2 aliphatic rings. The van der Waals surface area contributed by atoms with Crippen LogP contribution in [0.4, 0.5) is 4.39 Å². The maximum absolute atomic E-state index is 13.0. The zero-order valence-corrected chi connectivity index (χ0v) is 16.8. The van der Waals surface area contributed by atoms with Gasteiger partial charge in [0.2, 0.25) is 0 Å². The summed E-state index contributed by atoms with van der Waals surface area (Å²) in [5.74, 6) is 1.16. The van der Waals surface area contributed by atoms with Crippen molar-refractivity contribution in [2.75, 3.05) is 26.3 Å². The summed E-state index contributed by atoms with van der Waals surface area (Å²) in [5.41, 5.74) is 0.700. The molecular formula is C22H26FNO3S. The second-order valence-electron chi connectivity index (χ2n) is 7.79. The number of benzene rings is 1. The molecule has 1 unspecified atom stereocenters. The molecule has 0 aliphatic carbocycles. The van der Waals surface area contributed by atoms with Gasteiger partial charge in [-0.15, -0.1) is 0 Å². The molecule has 28 heavy (non-hydrogen) atoms. The summed E-state index contributed by atoms with van der Waals surface area (Å²) in [4.78, 5) is 14.5. The third-order valence-corrected chi connectivity index (χ3v) is 6.62. The van der Waals surface area contributed by atoms with Gasteiger partial charge in [-0.2, -0.15) is 11.3 Å². The number of hydrogen-bond acceptors (Lipinski definition) is 4. The first-order valence-corrected chi connectivity index (χ1v) is 10.9. The van der Waals surface area contributed by atoms with Crippen LogP contribution in [0.3, 0.4) is 0 Å². The van der Waals surface area contributed by atoms with Crippen molar-refractivity contribution >= 4 is 17.2 Å². The van der Waals surface area contributed by atoms with E-state index < -0.39 is 0 Å². The number of carbonyl (C=O) groups excluding carboxylic acids is 1. The number of amides is 1. The van der Waals surface area contributed by atoms with E-state index >= 15 is 0 Å². The fourth-order valence-electron chi connectivity index (χ4n) is 4.28. The Labute approximate surface area is 169 Å². The standard InChI is InChI=1S/C22H26FNO3S/c23-19-1-3-20(4-2-19)26-12-5-17-6-13-27-22(15-17)8-10-24(11-9-22)21(25)18-7-14-28-16-18/h1-4,7,14,16-17H,5-6,8-13,15H2. The number of halogens is 1. The van der Waals surface area contributed by atoms with E-state index in [4.69, 9.17) is 9.47 Å². The molecule has 4 rings (SSSR count). The number of nitrogens with zero attached hydrogens (tertiary/aromatic N) is 1. The first kappa shape index (κ1) is 19.4. The van der Waals surface area contributed by atoms with E-state index in [1.807, 2.05) is 21.7 Å². The maximum Gasteiger partial charge on any atom is 0.254 e. The van der Waals surface area contributed by atoms with Crippen LogP contribution in [0.1, 0.15) is 42.5 Å². The minimum atomic E-state index is -0.248. The number of likely N-dealkylation sites (tertiary alicyclic amines) is 1. The second-order valence-corrected chi connectivity index (χ2v) is 8.57. The van der Waals surface area contributed by atoms with Gasteiger partial charge in [-0.25, -0.2) is 4.39 Å². The maximum atomic E-state index is 13.0. The highest BCUT2D eigenvalue weighted by atomic mass is 32.1. The Kier molecular flexibility index (Phi) is 5.97. The van der Waals surface area contributed by atoms with Crippen LogP contribution in [-0.4, -0.2) is 42.7 Å². The summed E-state index contributed by atoms with van der Waals surface area (Å²) in [7, 11) is 0. The molecule has 0 N–H and O–H groups in total. The van der Waals surface area contributed by atoms with E-state index in [0.29, 0.717) is 18.3 Å². The molecule has 1 atom stereocenters. The minimum absolute atomic E-state index is 0.0930. The van der Waals surface area contributed by atoms with Gasteiger partial charge in [0.25, 0.3) is 5.91 Å². The molecule has 150 valence electrons. The van der Waals surface area contributed by atoms with Crippen LogP contribution in [0.2, 0.25) is 0 Å². The molecule has 2 aromatic rings. The molecule has 3 heterocycles. The summed E-state index contributed by atoms with van der Waals surface area (Å²) in [5, 5.41) is 3.86. The number of ether oxygens (including phenoxy) is 2. The smallest absolute Gasteiger partial charge is 0.254 e. The summed E-state index contributed by atoms with van der Waals surface area (Å²) in [6.45, 7) is 2.93. The molecule has 1 aromatic carbocycles. The molecule has 1 aromatic heterocycles. The third kappa shape index (κ3) is 4.55. The van der Waals surface area contributed by atoms with Gasteiger partial charge in [-0.3, -0.25) is 4.79 Å². The predicted octanol–water partition coefficient (Wildman–Crippen LogP) is 4.76. The highest BCUT2D eigenvalue weighted by Crippen LogP contribution is 2.39. The van der Waals surface area contributed by atoms with Crippen LogP contribution in [0.5, 0.6) is 5.75 Å². The molecule has 4 nitrogen and oxygen atoms in total. The fourth-order valence-corrected chi connectivity index (χ4v) is 4.91. The van der Waals surface area contributed by atoms with Crippen LogP contribution in [0, 0.1) is 11.7 Å². The van der Waals surface area contributed by atoms with Crippen LogP contribution >= 0.6 is 11.3 Å². The van der Waals surface area contributed by atoms with Crippen LogP contribution in [-0.2, 0) is 4.74 Å². The molecule has 1 amide bonds. The zero-order chi connectivity index (χ0) is 19.4. The Hall–Kier alpha value is -1.92. The van der Waals surface area contributed by atoms with Gasteiger partial charge in [-0.05, 0) is 73.7 Å². The van der Waals surface area contributed by atoms with Crippen molar-refractivity contribution in [3.05, 3.63) is 52.5 Å². The first-order valence-electron chi connectivity index (χ1n) is 9.97. The lowest BCUT2D eigenvalue weighted by Gasteiger charge is -2.46. The number of rotatable bonds is 5. The Balaban J connectivity index is 1.25. The highest BCUT2D eigenvalue weighted by Gasteiger charge is 2.41. The topological polar surface area (TPSA) is 38.8 Å². The number of thiophene rings is 1. The Morgan fingerprint density at radius 2 is 2.04 bits per heavy atom. The van der Waals surface area contributed by atoms with Crippen LogP contribution in [0.25, 0.3) is 0 Å². The quantitative estimate of drug-likeness (QED) is 0.723. The van der Waals surface area contributed by atoms with Gasteiger partial charge in [0.15, 0.2) is 0 Å². The molecular weight excluding hydrogens is 377 g/mol. The van der Waals surface area contributed by atoms with Gasteiger partial charge in [0.05, 0.1) is 17.8 Å². The van der Waals surface area contributed by atoms with Gasteiger partial charge >= 0.3 is 0 Å². The van der Waals surface area contributed by atoms with E-state index in [0.717, 1.165) is 57.4 Å². The molecule has 1 spiro atoms. The Morgan fingerprint density at radius 1 is 1.25 bits per heavy atom. The van der Waals surface area contributed by atoms with Crippen molar-refractivity contribution in [3.8, 4) is 5.75 Å². The van der Waals surface area contributed by atoms with E-state index in [9.17, 15) is 9.18 Å². The van der Waals surface area contributed by atoms with E-state index in [1.165, 1.54) is 12.1 Å².